The number of hydrogen-bond donors (Lipinski definition) is 2. The van der Waals surface area contributed by atoms with Crippen LogP contribution in [-0.2, 0) is 4.79 Å². The lowest BCUT2D eigenvalue weighted by Crippen LogP contribution is -2.41. The van der Waals surface area contributed by atoms with E-state index in [4.69, 9.17) is 9.26 Å². The molecule has 6 nitrogen and oxygen atoms in total. The van der Waals surface area contributed by atoms with Gasteiger partial charge in [0, 0.05) is 12.6 Å². The SMILES string of the molecule is CC[C@@H](NCCOc1ccccc1)C(=O)Nc1cc(C)on1. The van der Waals surface area contributed by atoms with Crippen molar-refractivity contribution < 1.29 is 14.1 Å². The second-order valence-corrected chi connectivity index (χ2v) is 4.89. The third-order valence-corrected chi connectivity index (χ3v) is 3.11. The number of nitrogens with zero attached hydrogens (tertiary/aromatic N) is 1. The molecule has 0 radical (unpaired) electrons. The van der Waals surface area contributed by atoms with Gasteiger partial charge in [-0.15, -0.1) is 0 Å². The molecule has 0 fully saturated rings. The molecular weight excluding hydrogens is 282 g/mol. The van der Waals surface area contributed by atoms with Crippen LogP contribution in [0.15, 0.2) is 40.9 Å². The third kappa shape index (κ3) is 4.89. The molecule has 1 aromatic carbocycles. The van der Waals surface area contributed by atoms with E-state index in [2.05, 4.69) is 15.8 Å². The lowest BCUT2D eigenvalue weighted by atomic mass is 10.2. The van der Waals surface area contributed by atoms with Gasteiger partial charge >= 0.3 is 0 Å². The largest absolute Gasteiger partial charge is 0.492 e. The number of hydrogen-bond acceptors (Lipinski definition) is 5. The van der Waals surface area contributed by atoms with Gasteiger partial charge in [0.1, 0.15) is 18.1 Å². The molecule has 1 amide bonds. The van der Waals surface area contributed by atoms with Gasteiger partial charge in [0.05, 0.1) is 6.04 Å². The standard InChI is InChI=1S/C16H21N3O3/c1-3-14(16(20)18-15-11-12(2)22-19-15)17-9-10-21-13-7-5-4-6-8-13/h4-8,11,14,17H,3,9-10H2,1-2H3,(H,18,19,20)/t14-/m1/s1. The van der Waals surface area contributed by atoms with Crippen LogP contribution in [0.4, 0.5) is 5.82 Å². The molecule has 2 rings (SSSR count). The maximum Gasteiger partial charge on any atom is 0.242 e. The molecule has 22 heavy (non-hydrogen) atoms. The first kappa shape index (κ1) is 16.0. The monoisotopic (exact) mass is 303 g/mol. The van der Waals surface area contributed by atoms with Crippen LogP contribution in [0.2, 0.25) is 0 Å². The molecule has 2 aromatic rings. The normalized spacial score (nSPS) is 11.9. The fourth-order valence-electron chi connectivity index (χ4n) is 1.98. The van der Waals surface area contributed by atoms with E-state index in [1.54, 1.807) is 13.0 Å². The first-order valence-electron chi connectivity index (χ1n) is 7.34. The number of nitrogens with one attached hydrogen (secondary N) is 2. The number of amides is 1. The van der Waals surface area contributed by atoms with Crippen LogP contribution in [-0.4, -0.2) is 30.3 Å². The van der Waals surface area contributed by atoms with Crippen LogP contribution in [0.3, 0.4) is 0 Å². The highest BCUT2D eigenvalue weighted by Gasteiger charge is 2.17. The molecule has 0 aliphatic carbocycles. The summed E-state index contributed by atoms with van der Waals surface area (Å²) in [6.45, 7) is 4.80. The predicted molar refractivity (Wildman–Crippen MR) is 83.9 cm³/mol. The quantitative estimate of drug-likeness (QED) is 0.732. The maximum absolute atomic E-state index is 12.1. The van der Waals surface area contributed by atoms with Gasteiger partial charge in [-0.3, -0.25) is 4.79 Å². The fraction of sp³-hybridized carbons (Fsp3) is 0.375. The van der Waals surface area contributed by atoms with Crippen molar-refractivity contribution in [1.82, 2.24) is 10.5 Å². The molecule has 0 unspecified atom stereocenters. The van der Waals surface area contributed by atoms with Crippen LogP contribution in [0.25, 0.3) is 0 Å². The smallest absolute Gasteiger partial charge is 0.242 e. The Morgan fingerprint density at radius 2 is 2.14 bits per heavy atom. The minimum Gasteiger partial charge on any atom is -0.492 e. The highest BCUT2D eigenvalue weighted by atomic mass is 16.5. The van der Waals surface area contributed by atoms with Gasteiger partial charge in [0.15, 0.2) is 5.82 Å². The van der Waals surface area contributed by atoms with E-state index in [-0.39, 0.29) is 11.9 Å². The number of aromatic nitrogens is 1. The van der Waals surface area contributed by atoms with Crippen LogP contribution in [0.1, 0.15) is 19.1 Å². The van der Waals surface area contributed by atoms with E-state index in [1.165, 1.54) is 0 Å². The van der Waals surface area contributed by atoms with E-state index in [1.807, 2.05) is 37.3 Å². The maximum atomic E-state index is 12.1. The van der Waals surface area contributed by atoms with Crippen molar-refractivity contribution in [2.75, 3.05) is 18.5 Å². The summed E-state index contributed by atoms with van der Waals surface area (Å²) in [5, 5.41) is 9.65. The van der Waals surface area contributed by atoms with Crippen molar-refractivity contribution in [3.63, 3.8) is 0 Å². The van der Waals surface area contributed by atoms with E-state index in [0.29, 0.717) is 31.2 Å². The molecule has 6 heteroatoms. The Labute approximate surface area is 129 Å². The van der Waals surface area contributed by atoms with Crippen LogP contribution < -0.4 is 15.4 Å². The van der Waals surface area contributed by atoms with Crippen molar-refractivity contribution in [2.24, 2.45) is 0 Å². The molecule has 1 atom stereocenters. The Hall–Kier alpha value is -2.34. The lowest BCUT2D eigenvalue weighted by molar-refractivity contribution is -0.118. The van der Waals surface area contributed by atoms with Crippen molar-refractivity contribution in [1.29, 1.82) is 0 Å². The number of anilines is 1. The fourth-order valence-corrected chi connectivity index (χ4v) is 1.98. The molecular formula is C16H21N3O3. The summed E-state index contributed by atoms with van der Waals surface area (Å²) in [5.41, 5.74) is 0. The second kappa shape index (κ2) is 8.19. The van der Waals surface area contributed by atoms with Gasteiger partial charge < -0.3 is 19.9 Å². The van der Waals surface area contributed by atoms with Crippen LogP contribution in [0, 0.1) is 6.92 Å². The molecule has 0 aliphatic heterocycles. The van der Waals surface area contributed by atoms with Crippen LogP contribution in [0.5, 0.6) is 5.75 Å². The molecule has 0 saturated carbocycles. The van der Waals surface area contributed by atoms with E-state index < -0.39 is 0 Å². The number of carbonyl (C=O) groups is 1. The summed E-state index contributed by atoms with van der Waals surface area (Å²) in [6.07, 6.45) is 0.675. The van der Waals surface area contributed by atoms with Crippen molar-refractivity contribution in [3.05, 3.63) is 42.2 Å². The van der Waals surface area contributed by atoms with Gasteiger partial charge in [-0.25, -0.2) is 0 Å². The lowest BCUT2D eigenvalue weighted by Gasteiger charge is -2.16. The van der Waals surface area contributed by atoms with Gasteiger partial charge in [-0.05, 0) is 25.5 Å². The summed E-state index contributed by atoms with van der Waals surface area (Å²) < 4.78 is 10.5. The molecule has 0 bridgehead atoms. The number of ether oxygens (including phenoxy) is 1. The number of benzene rings is 1. The van der Waals surface area contributed by atoms with E-state index in [0.717, 1.165) is 5.75 Å². The Bertz CT molecular complexity index is 583. The van der Waals surface area contributed by atoms with Gasteiger partial charge in [0.2, 0.25) is 5.91 Å². The zero-order valence-electron chi connectivity index (χ0n) is 12.8. The predicted octanol–water partition coefficient (Wildman–Crippen LogP) is 2.37. The Kier molecular flexibility index (Phi) is 5.97. The summed E-state index contributed by atoms with van der Waals surface area (Å²) in [5.74, 6) is 1.78. The minimum absolute atomic E-state index is 0.129. The molecule has 1 heterocycles. The summed E-state index contributed by atoms with van der Waals surface area (Å²) >= 11 is 0. The molecule has 118 valence electrons. The minimum atomic E-state index is -0.295. The van der Waals surface area contributed by atoms with E-state index in [9.17, 15) is 4.79 Å². The first-order valence-corrected chi connectivity index (χ1v) is 7.34. The topological polar surface area (TPSA) is 76.4 Å². The van der Waals surface area contributed by atoms with Gasteiger partial charge in [0.25, 0.3) is 0 Å². The Morgan fingerprint density at radius 1 is 1.36 bits per heavy atom. The average molecular weight is 303 g/mol. The third-order valence-electron chi connectivity index (χ3n) is 3.11. The molecule has 2 N–H and O–H groups in total. The van der Waals surface area contributed by atoms with Crippen molar-refractivity contribution in [3.8, 4) is 5.75 Å². The number of aryl methyl sites for hydroxylation is 1. The van der Waals surface area contributed by atoms with Gasteiger partial charge in [-0.2, -0.15) is 0 Å². The zero-order chi connectivity index (χ0) is 15.8. The first-order chi connectivity index (χ1) is 10.7. The molecule has 0 aliphatic rings. The molecule has 0 saturated heterocycles. The number of para-hydroxylation sites is 1. The second-order valence-electron chi connectivity index (χ2n) is 4.89. The van der Waals surface area contributed by atoms with Gasteiger partial charge in [-0.1, -0.05) is 30.3 Å². The highest BCUT2D eigenvalue weighted by Crippen LogP contribution is 2.09. The average Bonchev–Trinajstić information content (AvgIpc) is 2.93. The summed E-state index contributed by atoms with van der Waals surface area (Å²) in [7, 11) is 0. The number of rotatable bonds is 8. The van der Waals surface area contributed by atoms with Crippen LogP contribution >= 0.6 is 0 Å². The van der Waals surface area contributed by atoms with E-state index >= 15 is 0 Å². The zero-order valence-corrected chi connectivity index (χ0v) is 12.8. The van der Waals surface area contributed by atoms with Crippen molar-refractivity contribution in [2.45, 2.75) is 26.3 Å². The summed E-state index contributed by atoms with van der Waals surface area (Å²) in [6, 6.07) is 11.0. The molecule has 1 aromatic heterocycles. The Balaban J connectivity index is 1.73. The highest BCUT2D eigenvalue weighted by molar-refractivity contribution is 5.93. The Morgan fingerprint density at radius 3 is 2.77 bits per heavy atom. The molecule has 0 spiro atoms. The van der Waals surface area contributed by atoms with Crippen molar-refractivity contribution >= 4 is 11.7 Å². The number of carbonyl (C=O) groups excluding carboxylic acids is 1. The summed E-state index contributed by atoms with van der Waals surface area (Å²) in [4.78, 5) is 12.1.